The Labute approximate surface area is 270 Å². The summed E-state index contributed by atoms with van der Waals surface area (Å²) in [4.78, 5) is 9.12. The summed E-state index contributed by atoms with van der Waals surface area (Å²) >= 11 is 0. The summed E-state index contributed by atoms with van der Waals surface area (Å²) in [7, 11) is 0. The van der Waals surface area contributed by atoms with Gasteiger partial charge >= 0.3 is 0 Å². The molecule has 6 nitrogen and oxygen atoms in total. The minimum Gasteiger partial charge on any atom is -0.680 e. The molecule has 40 heavy (non-hydrogen) atoms. The molecule has 220 valence electrons. The van der Waals surface area contributed by atoms with Crippen molar-refractivity contribution in [2.75, 3.05) is 0 Å². The number of aliphatic hydroxyl groups excluding tert-OH is 2. The Morgan fingerprint density at radius 2 is 0.725 bits per heavy atom. The number of rotatable bonds is 6. The number of nitrogens with zero attached hydrogens (tertiary/aromatic N) is 4. The van der Waals surface area contributed by atoms with E-state index in [1.165, 1.54) is 0 Å². The Morgan fingerprint density at radius 3 is 0.950 bits per heavy atom. The van der Waals surface area contributed by atoms with Crippen LogP contribution in [0.3, 0.4) is 0 Å². The molecular weight excluding hydrogens is 603 g/mol. The molecular formula is C32H54N4O2Zn2-2. The Balaban J connectivity index is -0.000000246. The first-order valence-corrected chi connectivity index (χ1v) is 13.7. The van der Waals surface area contributed by atoms with Crippen LogP contribution in [-0.2, 0) is 39.0 Å². The van der Waals surface area contributed by atoms with Crippen molar-refractivity contribution in [1.82, 2.24) is 0 Å². The molecule has 0 aromatic heterocycles. The third kappa shape index (κ3) is 31.1. The van der Waals surface area contributed by atoms with Crippen LogP contribution in [0.4, 0.5) is 11.4 Å². The Morgan fingerprint density at radius 1 is 0.475 bits per heavy atom. The SMILES string of the molecule is CC(C)N=c1cccccc1[N-]C(C)C.CC(C)N=c1cccccc1[N-]C(C)C.CC(C)O.CC(C)O.[Zn].[Zn]. The normalized spacial score (nSPS) is 11.0. The molecule has 0 fully saturated rings. The molecule has 2 N–H and O–H groups in total. The van der Waals surface area contributed by atoms with Gasteiger partial charge < -0.3 is 20.8 Å². The molecule has 0 amide bonds. The van der Waals surface area contributed by atoms with E-state index in [2.05, 4.69) is 76.0 Å². The number of hydrogen-bond donors (Lipinski definition) is 2. The predicted molar refractivity (Wildman–Crippen MR) is 165 cm³/mol. The second kappa shape index (κ2) is 27.7. The molecule has 0 saturated heterocycles. The summed E-state index contributed by atoms with van der Waals surface area (Å²) in [5, 5.41) is 27.2. The van der Waals surface area contributed by atoms with Crippen LogP contribution in [0.25, 0.3) is 10.6 Å². The maximum absolute atomic E-state index is 8.06. The van der Waals surface area contributed by atoms with Crippen molar-refractivity contribution in [2.45, 2.75) is 119 Å². The first-order valence-electron chi connectivity index (χ1n) is 13.7. The van der Waals surface area contributed by atoms with Gasteiger partial charge in [-0.25, -0.2) is 0 Å². The average Bonchev–Trinajstić information content (AvgIpc) is 3.07. The van der Waals surface area contributed by atoms with Gasteiger partial charge in [0.25, 0.3) is 0 Å². The molecule has 0 spiro atoms. The van der Waals surface area contributed by atoms with Crippen LogP contribution >= 0.6 is 0 Å². The minimum absolute atomic E-state index is 0. The van der Waals surface area contributed by atoms with E-state index in [1.54, 1.807) is 27.7 Å². The monoisotopic (exact) mass is 654 g/mol. The first-order chi connectivity index (χ1) is 17.6. The fourth-order valence-electron chi connectivity index (χ4n) is 2.61. The van der Waals surface area contributed by atoms with Gasteiger partial charge in [-0.15, -0.1) is 23.5 Å². The van der Waals surface area contributed by atoms with E-state index in [-0.39, 0.29) is 51.2 Å². The second-order valence-electron chi connectivity index (χ2n) is 10.4. The van der Waals surface area contributed by atoms with Gasteiger partial charge in [0.15, 0.2) is 0 Å². The number of hydrogen-bond acceptors (Lipinski definition) is 4. The molecule has 2 rings (SSSR count). The van der Waals surface area contributed by atoms with Crippen molar-refractivity contribution in [1.29, 1.82) is 0 Å². The largest absolute Gasteiger partial charge is 0.680 e. The summed E-state index contributed by atoms with van der Waals surface area (Å²) in [5.74, 6) is 0. The van der Waals surface area contributed by atoms with E-state index in [9.17, 15) is 0 Å². The second-order valence-corrected chi connectivity index (χ2v) is 10.4. The molecule has 0 bridgehead atoms. The molecule has 0 saturated carbocycles. The average molecular weight is 658 g/mol. The van der Waals surface area contributed by atoms with E-state index in [1.807, 2.05) is 60.7 Å². The molecule has 0 heterocycles. The van der Waals surface area contributed by atoms with Crippen molar-refractivity contribution < 1.29 is 49.2 Å². The summed E-state index contributed by atoms with van der Waals surface area (Å²) < 4.78 is 0. The Bertz CT molecular complexity index is 910. The van der Waals surface area contributed by atoms with Gasteiger partial charge in [0.05, 0.1) is 0 Å². The van der Waals surface area contributed by atoms with Gasteiger partial charge in [-0.3, -0.25) is 9.98 Å². The van der Waals surface area contributed by atoms with Gasteiger partial charge in [0.2, 0.25) is 0 Å². The minimum atomic E-state index is -0.167. The molecule has 0 unspecified atom stereocenters. The third-order valence-corrected chi connectivity index (χ3v) is 3.57. The molecule has 8 heteroatoms. The standard InChI is InChI=1S/2C13H19N2.2C3H8O.2Zn/c2*1-10(2)14-12-8-6-5-7-9-13(12)15-11(3)4;2*1-3(2)4;;/h2*5-11H,1-4H3;2*3-4H,1-2H3;;/q2*-1;;;;. The van der Waals surface area contributed by atoms with Gasteiger partial charge in [-0.1, -0.05) is 76.2 Å². The molecule has 2 aromatic carbocycles. The van der Waals surface area contributed by atoms with Crippen molar-refractivity contribution in [2.24, 2.45) is 9.98 Å². The molecule has 0 atom stereocenters. The van der Waals surface area contributed by atoms with Crippen molar-refractivity contribution >= 4 is 11.4 Å². The first kappa shape index (κ1) is 45.5. The maximum atomic E-state index is 8.06. The summed E-state index contributed by atoms with van der Waals surface area (Å²) in [6, 6.07) is 21.3. The molecule has 0 aliphatic heterocycles. The molecule has 2 aromatic rings. The van der Waals surface area contributed by atoms with Gasteiger partial charge in [-0.2, -0.15) is 0 Å². The van der Waals surface area contributed by atoms with Crippen LogP contribution in [0.1, 0.15) is 83.1 Å². The zero-order valence-corrected chi connectivity index (χ0v) is 33.3. The van der Waals surface area contributed by atoms with Gasteiger partial charge in [-0.05, 0) is 67.5 Å². The van der Waals surface area contributed by atoms with Crippen molar-refractivity contribution in [3.05, 3.63) is 82.0 Å². The smallest absolute Gasteiger partial charge is 0.0483 e. The maximum Gasteiger partial charge on any atom is 0.0483 e. The van der Waals surface area contributed by atoms with Crippen LogP contribution in [-0.4, -0.2) is 46.6 Å². The van der Waals surface area contributed by atoms with E-state index >= 15 is 0 Å². The van der Waals surface area contributed by atoms with Crippen LogP contribution in [0, 0.1) is 0 Å². The fraction of sp³-hybridized carbons (Fsp3) is 0.562. The van der Waals surface area contributed by atoms with E-state index in [0.29, 0.717) is 24.2 Å². The summed E-state index contributed by atoms with van der Waals surface area (Å²) in [5.41, 5.74) is 1.95. The van der Waals surface area contributed by atoms with Crippen LogP contribution in [0.2, 0.25) is 0 Å². The summed E-state index contributed by atoms with van der Waals surface area (Å²) in [6.07, 6.45) is -0.333. The quantitative estimate of drug-likeness (QED) is 0.314. The third-order valence-electron chi connectivity index (χ3n) is 3.57. The zero-order chi connectivity index (χ0) is 29.7. The molecule has 0 aliphatic carbocycles. The predicted octanol–water partition coefficient (Wildman–Crippen LogP) is 7.59. The Hall–Kier alpha value is -1.45. The topological polar surface area (TPSA) is 93.4 Å². The number of aliphatic hydroxyl groups is 2. The van der Waals surface area contributed by atoms with Gasteiger partial charge in [0, 0.05) is 74.0 Å². The summed E-state index contributed by atoms with van der Waals surface area (Å²) in [6.45, 7) is 23.5. The zero-order valence-electron chi connectivity index (χ0n) is 27.3. The van der Waals surface area contributed by atoms with Gasteiger partial charge in [0.1, 0.15) is 0 Å². The van der Waals surface area contributed by atoms with E-state index in [0.717, 1.165) is 22.1 Å². The van der Waals surface area contributed by atoms with Crippen molar-refractivity contribution in [3.8, 4) is 0 Å². The van der Waals surface area contributed by atoms with E-state index in [4.69, 9.17) is 10.2 Å². The van der Waals surface area contributed by atoms with Crippen molar-refractivity contribution in [3.63, 3.8) is 0 Å². The van der Waals surface area contributed by atoms with Crippen LogP contribution in [0.15, 0.2) is 70.6 Å². The fourth-order valence-corrected chi connectivity index (χ4v) is 2.61. The van der Waals surface area contributed by atoms with E-state index < -0.39 is 0 Å². The van der Waals surface area contributed by atoms with Crippen LogP contribution in [0.5, 0.6) is 0 Å². The molecule has 0 aliphatic rings. The molecule has 0 radical (unpaired) electrons. The van der Waals surface area contributed by atoms with Crippen LogP contribution < -0.4 is 10.7 Å². The Kier molecular flexibility index (Phi) is 31.5.